The van der Waals surface area contributed by atoms with E-state index in [1.165, 1.54) is 29.2 Å². The van der Waals surface area contributed by atoms with Crippen LogP contribution in [0.15, 0.2) is 48.5 Å². The maximum Gasteiger partial charge on any atom is 0.461 e. The van der Waals surface area contributed by atoms with Crippen molar-refractivity contribution in [2.45, 2.75) is 31.7 Å². The van der Waals surface area contributed by atoms with Crippen molar-refractivity contribution < 1.29 is 45.0 Å². The minimum Gasteiger partial charge on any atom is -0.428 e. The summed E-state index contributed by atoms with van der Waals surface area (Å²) in [5.74, 6) is -3.22. The highest BCUT2D eigenvalue weighted by Gasteiger charge is 2.44. The van der Waals surface area contributed by atoms with E-state index in [-0.39, 0.29) is 24.3 Å². The van der Waals surface area contributed by atoms with Gasteiger partial charge in [0.15, 0.2) is 0 Å². The molecule has 0 amide bonds. The van der Waals surface area contributed by atoms with Gasteiger partial charge in [0.25, 0.3) is 0 Å². The molecule has 31 heavy (non-hydrogen) atoms. The van der Waals surface area contributed by atoms with Crippen LogP contribution in [-0.4, -0.2) is 37.0 Å². The monoisotopic (exact) mass is 457 g/mol. The van der Waals surface area contributed by atoms with Gasteiger partial charge < -0.3 is 14.7 Å². The third-order valence-electron chi connectivity index (χ3n) is 4.38. The van der Waals surface area contributed by atoms with Crippen LogP contribution < -0.4 is 9.64 Å². The SMILES string of the molecule is OCC(CCN(Cc1cccc(OC(F)(F)C(F)F)c1)c1cccc(F)c1)C(F)(F)F. The van der Waals surface area contributed by atoms with Gasteiger partial charge in [0.2, 0.25) is 0 Å². The predicted molar refractivity (Wildman–Crippen MR) is 96.7 cm³/mol. The average molecular weight is 457 g/mol. The zero-order valence-corrected chi connectivity index (χ0v) is 15.9. The number of aliphatic hydroxyl groups excluding tert-OH is 1. The van der Waals surface area contributed by atoms with Crippen molar-refractivity contribution in [2.24, 2.45) is 5.92 Å². The first kappa shape index (κ1) is 24.7. The van der Waals surface area contributed by atoms with E-state index in [0.29, 0.717) is 0 Å². The van der Waals surface area contributed by atoms with Gasteiger partial charge in [-0.2, -0.15) is 30.7 Å². The Morgan fingerprint density at radius 2 is 1.65 bits per heavy atom. The number of aliphatic hydroxyl groups is 1. The zero-order valence-electron chi connectivity index (χ0n) is 15.9. The van der Waals surface area contributed by atoms with Crippen LogP contribution >= 0.6 is 0 Å². The van der Waals surface area contributed by atoms with Gasteiger partial charge in [0.1, 0.15) is 11.6 Å². The van der Waals surface area contributed by atoms with Crippen LogP contribution in [0.25, 0.3) is 0 Å². The summed E-state index contributed by atoms with van der Waals surface area (Å²) < 4.78 is 107. The van der Waals surface area contributed by atoms with E-state index in [9.17, 15) is 35.1 Å². The highest BCUT2D eigenvalue weighted by Crippen LogP contribution is 2.31. The second-order valence-corrected chi connectivity index (χ2v) is 6.72. The van der Waals surface area contributed by atoms with E-state index in [1.807, 2.05) is 0 Å². The van der Waals surface area contributed by atoms with E-state index in [0.717, 1.165) is 24.3 Å². The quantitative estimate of drug-likeness (QED) is 0.470. The Labute approximate surface area is 172 Å². The van der Waals surface area contributed by atoms with Crippen molar-refractivity contribution in [3.05, 3.63) is 59.9 Å². The normalized spacial score (nSPS) is 13.4. The van der Waals surface area contributed by atoms with Crippen LogP contribution in [0.5, 0.6) is 5.75 Å². The topological polar surface area (TPSA) is 32.7 Å². The summed E-state index contributed by atoms with van der Waals surface area (Å²) in [6, 6.07) is 9.73. The largest absolute Gasteiger partial charge is 0.461 e. The average Bonchev–Trinajstić information content (AvgIpc) is 2.66. The Balaban J connectivity index is 2.24. The lowest BCUT2D eigenvalue weighted by Crippen LogP contribution is -2.33. The highest BCUT2D eigenvalue weighted by molar-refractivity contribution is 5.47. The van der Waals surface area contributed by atoms with Gasteiger partial charge in [-0.05, 0) is 42.3 Å². The van der Waals surface area contributed by atoms with E-state index in [1.54, 1.807) is 0 Å². The van der Waals surface area contributed by atoms with Crippen LogP contribution in [0.2, 0.25) is 0 Å². The molecule has 0 aromatic heterocycles. The van der Waals surface area contributed by atoms with E-state index >= 15 is 0 Å². The zero-order chi connectivity index (χ0) is 23.2. The van der Waals surface area contributed by atoms with Crippen LogP contribution in [0.4, 0.5) is 40.8 Å². The standard InChI is InChI=1S/C20H19F8NO2/c21-15-4-2-5-16(10-15)29(8-7-14(12-30)19(24,25)26)11-13-3-1-6-17(9-13)31-20(27,28)18(22)23/h1-6,9-10,14,18,30H,7-8,11-12H2. The van der Waals surface area contributed by atoms with Gasteiger partial charge in [-0.1, -0.05) is 18.2 Å². The van der Waals surface area contributed by atoms with Gasteiger partial charge >= 0.3 is 18.7 Å². The number of nitrogens with zero attached hydrogens (tertiary/aromatic N) is 1. The highest BCUT2D eigenvalue weighted by atomic mass is 19.4. The lowest BCUT2D eigenvalue weighted by Gasteiger charge is -2.28. The van der Waals surface area contributed by atoms with Gasteiger partial charge in [0.05, 0.1) is 12.5 Å². The van der Waals surface area contributed by atoms with E-state index in [4.69, 9.17) is 5.11 Å². The van der Waals surface area contributed by atoms with Crippen LogP contribution in [-0.2, 0) is 6.54 Å². The molecular weight excluding hydrogens is 438 g/mol. The lowest BCUT2D eigenvalue weighted by molar-refractivity contribution is -0.253. The summed E-state index contributed by atoms with van der Waals surface area (Å²) >= 11 is 0. The summed E-state index contributed by atoms with van der Waals surface area (Å²) in [7, 11) is 0. The summed E-state index contributed by atoms with van der Waals surface area (Å²) in [5, 5.41) is 9.02. The summed E-state index contributed by atoms with van der Waals surface area (Å²) in [4.78, 5) is 1.35. The number of benzene rings is 2. The molecule has 0 heterocycles. The predicted octanol–water partition coefficient (Wildman–Crippen LogP) is 5.63. The lowest BCUT2D eigenvalue weighted by atomic mass is 10.1. The van der Waals surface area contributed by atoms with Crippen molar-refractivity contribution in [3.63, 3.8) is 0 Å². The van der Waals surface area contributed by atoms with Gasteiger partial charge in [-0.15, -0.1) is 0 Å². The van der Waals surface area contributed by atoms with Crippen LogP contribution in [0.3, 0.4) is 0 Å². The van der Waals surface area contributed by atoms with Crippen LogP contribution in [0.1, 0.15) is 12.0 Å². The number of halogens is 8. The van der Waals surface area contributed by atoms with E-state index in [2.05, 4.69) is 4.74 Å². The van der Waals surface area contributed by atoms with Crippen LogP contribution in [0, 0.1) is 11.7 Å². The Morgan fingerprint density at radius 3 is 2.23 bits per heavy atom. The molecule has 3 nitrogen and oxygen atoms in total. The molecule has 0 spiro atoms. The molecule has 0 aliphatic heterocycles. The maximum absolute atomic E-state index is 13.6. The Bertz CT molecular complexity index is 844. The minimum atomic E-state index is -4.72. The van der Waals surface area contributed by atoms with Crippen molar-refractivity contribution >= 4 is 5.69 Å². The van der Waals surface area contributed by atoms with Crippen molar-refractivity contribution in [1.82, 2.24) is 0 Å². The molecule has 1 unspecified atom stereocenters. The fourth-order valence-corrected chi connectivity index (χ4v) is 2.77. The van der Waals surface area contributed by atoms with Gasteiger partial charge in [-0.25, -0.2) is 4.39 Å². The molecule has 2 aromatic rings. The smallest absolute Gasteiger partial charge is 0.428 e. The molecule has 0 aliphatic carbocycles. The molecule has 172 valence electrons. The molecule has 0 fully saturated rings. The molecule has 0 saturated carbocycles. The summed E-state index contributed by atoms with van der Waals surface area (Å²) in [5.41, 5.74) is 0.461. The first-order valence-electron chi connectivity index (χ1n) is 9.04. The third kappa shape index (κ3) is 7.27. The van der Waals surface area contributed by atoms with Crippen molar-refractivity contribution in [3.8, 4) is 5.75 Å². The first-order valence-corrected chi connectivity index (χ1v) is 9.04. The second-order valence-electron chi connectivity index (χ2n) is 6.72. The molecule has 0 aliphatic rings. The van der Waals surface area contributed by atoms with Crippen molar-refractivity contribution in [2.75, 3.05) is 18.1 Å². The molecule has 2 aromatic carbocycles. The molecule has 0 saturated heterocycles. The molecule has 0 bridgehead atoms. The molecule has 11 heteroatoms. The molecule has 1 atom stereocenters. The number of alkyl halides is 7. The summed E-state index contributed by atoms with van der Waals surface area (Å²) in [6.45, 7) is -1.55. The van der Waals surface area contributed by atoms with E-state index < -0.39 is 49.2 Å². The molecule has 1 N–H and O–H groups in total. The second kappa shape index (κ2) is 10.2. The summed E-state index contributed by atoms with van der Waals surface area (Å²) in [6.07, 6.45) is -13.9. The fraction of sp³-hybridized carbons (Fsp3) is 0.400. The Hall–Kier alpha value is -2.56. The first-order chi connectivity index (χ1) is 14.4. The molecule has 2 rings (SSSR count). The molecule has 0 radical (unpaired) electrons. The number of rotatable bonds is 10. The Morgan fingerprint density at radius 1 is 0.968 bits per heavy atom. The Kier molecular flexibility index (Phi) is 8.10. The number of hydrogen-bond donors (Lipinski definition) is 1. The third-order valence-corrected chi connectivity index (χ3v) is 4.38. The molecular formula is C20H19F8NO2. The maximum atomic E-state index is 13.6. The minimum absolute atomic E-state index is 0.156. The number of ether oxygens (including phenoxy) is 1. The van der Waals surface area contributed by atoms with Crippen molar-refractivity contribution in [1.29, 1.82) is 0 Å². The van der Waals surface area contributed by atoms with Gasteiger partial charge in [-0.3, -0.25) is 0 Å². The fourth-order valence-electron chi connectivity index (χ4n) is 2.77. The van der Waals surface area contributed by atoms with Gasteiger partial charge in [0, 0.05) is 18.8 Å². The number of hydrogen-bond acceptors (Lipinski definition) is 3. The number of anilines is 1.